The summed E-state index contributed by atoms with van der Waals surface area (Å²) in [6, 6.07) is 145. The van der Waals surface area contributed by atoms with Crippen LogP contribution in [-0.4, -0.2) is 99.8 Å². The van der Waals surface area contributed by atoms with Gasteiger partial charge in [-0.15, -0.1) is 0 Å². The molecule has 3 aliphatic rings. The fourth-order valence-electron chi connectivity index (χ4n) is 17.3. The maximum Gasteiger partial charge on any atom is 0.494 e. The molecule has 0 atom stereocenters. The van der Waals surface area contributed by atoms with E-state index in [1.54, 1.807) is 0 Å². The largest absolute Gasteiger partial charge is 0.494 e. The van der Waals surface area contributed by atoms with Crippen molar-refractivity contribution in [3.8, 4) is 180 Å². The summed E-state index contributed by atoms with van der Waals surface area (Å²) in [7, 11) is -1.32. The van der Waals surface area contributed by atoms with Crippen molar-refractivity contribution in [2.75, 3.05) is 0 Å². The number of hydrogen-bond donors (Lipinski definition) is 0. The smallest absolute Gasteiger partial charge is 0.399 e. The molecule has 3 fully saturated rings. The SMILES string of the molecule is CC1(C)OB(c2ccc(-c3nc(-c4cc(-c5ccccc5)cc(-c5ccccc5)c4)nc(-c4cc(-c5ccccc5)cc(-c5ccccc5)c4)n3)cc2)OC1(C)C.CC1(C)OB(c2ccc(-c3nc(-c4cccc(-c5ccccc5)c4)nc(-c4cccc(-c5ccccc5)c4)n3)cc2)OC1(C)C.CC1(C)OB(c2cccc(-c3cccc(-c4nc(-c5ccccc5)nc(-c5ccccc5)n4)c3)c2)OC1(C)C. The predicted octanol–water partition coefficient (Wildman–Crippen LogP) is 27.2. The van der Waals surface area contributed by atoms with E-state index in [0.717, 1.165) is 144 Å². The second-order valence-corrected chi connectivity index (χ2v) is 38.8. The van der Waals surface area contributed by atoms with Crippen LogP contribution in [0.1, 0.15) is 83.1 Å². The summed E-state index contributed by atoms with van der Waals surface area (Å²) < 4.78 is 37.9. The Kier molecular flexibility index (Phi) is 26.0. The average Bonchev–Trinajstić information content (AvgIpc) is 1.56. The Balaban J connectivity index is 0.000000132. The molecule has 6 heterocycles. The highest BCUT2D eigenvalue weighted by Crippen LogP contribution is 2.43. The van der Waals surface area contributed by atoms with Gasteiger partial charge in [-0.1, -0.05) is 370 Å². The number of hydrogen-bond acceptors (Lipinski definition) is 15. The number of aromatic nitrogens is 9. The van der Waals surface area contributed by atoms with Crippen LogP contribution in [0.2, 0.25) is 0 Å². The van der Waals surface area contributed by atoms with Crippen molar-refractivity contribution in [3.63, 3.8) is 0 Å². The molecule has 15 nitrogen and oxygen atoms in total. The molecule has 0 N–H and O–H groups in total. The molecule has 688 valence electrons. The molecule has 3 saturated heterocycles. The van der Waals surface area contributed by atoms with E-state index in [9.17, 15) is 0 Å². The predicted molar refractivity (Wildman–Crippen MR) is 574 cm³/mol. The Morgan fingerprint density at radius 3 is 0.532 bits per heavy atom. The third kappa shape index (κ3) is 20.6. The van der Waals surface area contributed by atoms with E-state index in [4.69, 9.17) is 72.8 Å². The Labute approximate surface area is 826 Å². The molecular formula is C123H106B3N9O6. The van der Waals surface area contributed by atoms with E-state index in [0.29, 0.717) is 52.4 Å². The van der Waals surface area contributed by atoms with Crippen molar-refractivity contribution >= 4 is 37.7 Å². The van der Waals surface area contributed by atoms with Crippen molar-refractivity contribution < 1.29 is 27.9 Å². The lowest BCUT2D eigenvalue weighted by atomic mass is 9.78. The molecule has 141 heavy (non-hydrogen) atoms. The maximum absolute atomic E-state index is 6.38. The summed E-state index contributed by atoms with van der Waals surface area (Å²) in [4.78, 5) is 45.3. The molecule has 0 aliphatic carbocycles. The lowest BCUT2D eigenvalue weighted by molar-refractivity contribution is 0.00578. The third-order valence-corrected chi connectivity index (χ3v) is 27.5. The van der Waals surface area contributed by atoms with Gasteiger partial charge in [-0.3, -0.25) is 0 Å². The maximum atomic E-state index is 6.38. The van der Waals surface area contributed by atoms with Gasteiger partial charge >= 0.3 is 21.4 Å². The van der Waals surface area contributed by atoms with E-state index in [1.165, 1.54) is 0 Å². The molecule has 18 heteroatoms. The van der Waals surface area contributed by atoms with Crippen LogP contribution < -0.4 is 16.4 Å². The molecule has 0 radical (unpaired) electrons. The van der Waals surface area contributed by atoms with Gasteiger partial charge in [0.15, 0.2) is 52.4 Å². The zero-order valence-electron chi connectivity index (χ0n) is 81.1. The normalized spacial score (nSPS) is 15.1. The summed E-state index contributed by atoms with van der Waals surface area (Å²) in [6.45, 7) is 24.8. The van der Waals surface area contributed by atoms with Crippen LogP contribution in [0.5, 0.6) is 0 Å². The Morgan fingerprint density at radius 1 is 0.128 bits per heavy atom. The van der Waals surface area contributed by atoms with E-state index in [1.807, 2.05) is 176 Å². The summed E-state index contributed by atoms with van der Waals surface area (Å²) in [5.74, 6) is 5.52. The second-order valence-electron chi connectivity index (χ2n) is 38.8. The molecule has 0 spiro atoms. The lowest BCUT2D eigenvalue weighted by Gasteiger charge is -2.32. The van der Waals surface area contributed by atoms with Gasteiger partial charge in [0.1, 0.15) is 0 Å². The monoisotopic (exact) mass is 1840 g/mol. The first-order chi connectivity index (χ1) is 68.2. The molecule has 0 amide bonds. The van der Waals surface area contributed by atoms with Crippen LogP contribution >= 0.6 is 0 Å². The fourth-order valence-corrected chi connectivity index (χ4v) is 17.3. The van der Waals surface area contributed by atoms with Gasteiger partial charge < -0.3 is 27.9 Å². The first-order valence-electron chi connectivity index (χ1n) is 48.0. The van der Waals surface area contributed by atoms with E-state index < -0.39 is 43.8 Å². The van der Waals surface area contributed by atoms with Gasteiger partial charge in [-0.05, 0) is 232 Å². The highest BCUT2D eigenvalue weighted by molar-refractivity contribution is 6.63. The van der Waals surface area contributed by atoms with Crippen LogP contribution in [0.15, 0.2) is 425 Å². The van der Waals surface area contributed by atoms with Gasteiger partial charge in [0.2, 0.25) is 0 Å². The first kappa shape index (κ1) is 93.2. The van der Waals surface area contributed by atoms with Gasteiger partial charge in [0.25, 0.3) is 0 Å². The zero-order valence-corrected chi connectivity index (χ0v) is 81.1. The molecule has 3 aliphatic heterocycles. The summed E-state index contributed by atoms with van der Waals surface area (Å²) in [5, 5.41) is 0. The molecule has 3 aromatic heterocycles. The van der Waals surface area contributed by atoms with Gasteiger partial charge in [0, 0.05) is 50.1 Å². The third-order valence-electron chi connectivity index (χ3n) is 27.5. The molecule has 0 bridgehead atoms. The van der Waals surface area contributed by atoms with Crippen LogP contribution in [0.3, 0.4) is 0 Å². The highest BCUT2D eigenvalue weighted by atomic mass is 16.7. The molecule has 22 rings (SSSR count). The molecule has 16 aromatic carbocycles. The van der Waals surface area contributed by atoms with Gasteiger partial charge in [0.05, 0.1) is 33.6 Å². The van der Waals surface area contributed by atoms with Crippen molar-refractivity contribution in [1.82, 2.24) is 44.9 Å². The van der Waals surface area contributed by atoms with Crippen LogP contribution in [0.4, 0.5) is 0 Å². The van der Waals surface area contributed by atoms with Crippen molar-refractivity contribution in [3.05, 3.63) is 425 Å². The second kappa shape index (κ2) is 39.4. The Bertz CT molecular complexity index is 7200. The van der Waals surface area contributed by atoms with Crippen molar-refractivity contribution in [1.29, 1.82) is 0 Å². The lowest BCUT2D eigenvalue weighted by Crippen LogP contribution is -2.41. The van der Waals surface area contributed by atoms with E-state index >= 15 is 0 Å². The summed E-state index contributed by atoms with van der Waals surface area (Å²) in [5.41, 5.74) is 24.1. The topological polar surface area (TPSA) is 171 Å². The minimum Gasteiger partial charge on any atom is -0.399 e. The Hall–Kier alpha value is -15.5. The minimum atomic E-state index is -0.470. The molecular weight excluding hydrogens is 1730 g/mol. The number of nitrogens with zero attached hydrogens (tertiary/aromatic N) is 9. The van der Waals surface area contributed by atoms with E-state index in [2.05, 4.69) is 332 Å². The Morgan fingerprint density at radius 2 is 0.284 bits per heavy atom. The van der Waals surface area contributed by atoms with Crippen LogP contribution in [0.25, 0.3) is 180 Å². The van der Waals surface area contributed by atoms with Crippen LogP contribution in [0, 0.1) is 0 Å². The zero-order chi connectivity index (χ0) is 97.0. The van der Waals surface area contributed by atoms with E-state index in [-0.39, 0.29) is 11.2 Å². The quantitative estimate of drug-likeness (QED) is 0.0700. The number of benzene rings is 16. The average molecular weight is 1840 g/mol. The summed E-state index contributed by atoms with van der Waals surface area (Å²) >= 11 is 0. The highest BCUT2D eigenvalue weighted by Gasteiger charge is 2.54. The summed E-state index contributed by atoms with van der Waals surface area (Å²) in [6.07, 6.45) is 0. The standard InChI is InChI=1S/C51H42BN3O2.C39H34BN3O2.C33H30BN3O2/c1-50(2)51(3,4)57-52(56-50)46-27-25-39(26-28-46)47-53-48(44-31-40(35-17-9-5-10-18-35)29-41(32-44)36-19-11-6-12-20-36)55-49(54-47)45-33-42(37-21-13-7-14-22-37)30-43(34-45)38-23-15-8-16-24-38;1-38(2)39(3,4)45-40(44-38)34-23-21-29(22-24-34)35-41-36(32-19-11-17-30(25-32)27-13-7-5-8-14-27)43-37(42-35)33-20-12-18-31(26-33)28-15-9-6-10-16-28;1-32(2)33(3,4)39-34(38-32)28-20-12-18-26(22-28)25-17-11-19-27(21-25)31-36-29(23-13-7-5-8-14-23)35-30(37-31)24-15-9-6-10-16-24/h5-34H,1-4H3;5-26H,1-4H3;5-22H,1-4H3. The molecule has 0 unspecified atom stereocenters. The molecule has 0 saturated carbocycles. The molecule has 19 aromatic rings. The van der Waals surface area contributed by atoms with Crippen molar-refractivity contribution in [2.24, 2.45) is 0 Å². The van der Waals surface area contributed by atoms with Crippen LogP contribution in [-0.2, 0) is 27.9 Å². The first-order valence-corrected chi connectivity index (χ1v) is 48.0. The fraction of sp³-hybridized carbons (Fsp3) is 0.146. The minimum absolute atomic E-state index is 0.390. The van der Waals surface area contributed by atoms with Crippen molar-refractivity contribution in [2.45, 2.75) is 117 Å². The van der Waals surface area contributed by atoms with Gasteiger partial charge in [-0.2, -0.15) is 0 Å². The van der Waals surface area contributed by atoms with Gasteiger partial charge in [-0.25, -0.2) is 44.9 Å². The number of rotatable bonds is 19.